The van der Waals surface area contributed by atoms with Crippen molar-refractivity contribution in [2.45, 2.75) is 18.3 Å². The quantitative estimate of drug-likeness (QED) is 0.563. The molecule has 0 radical (unpaired) electrons. The molecule has 2 aliphatic rings. The highest BCUT2D eigenvalue weighted by molar-refractivity contribution is 8.01. The fourth-order valence-corrected chi connectivity index (χ4v) is 5.98. The Kier molecular flexibility index (Phi) is 5.37. The van der Waals surface area contributed by atoms with Crippen molar-refractivity contribution in [2.75, 3.05) is 24.3 Å². The molecule has 33 heavy (non-hydrogen) atoms. The molecule has 0 aliphatic carbocycles. The summed E-state index contributed by atoms with van der Waals surface area (Å²) in [5.74, 6) is 0.414. The first kappa shape index (κ1) is 21.5. The lowest BCUT2D eigenvalue weighted by Gasteiger charge is -2.33. The van der Waals surface area contributed by atoms with E-state index in [1.54, 1.807) is 53.3 Å². The number of rotatable bonds is 4. The zero-order chi connectivity index (χ0) is 23.2. The summed E-state index contributed by atoms with van der Waals surface area (Å²) >= 11 is 1.44. The van der Waals surface area contributed by atoms with Crippen molar-refractivity contribution < 1.29 is 18.7 Å². The molecule has 7 heteroatoms. The number of methoxy groups -OCH3 is 1. The standard InChI is InChI=1S/C26H23FN2O3S/c1-17-7-9-18(10-8-17)24(30)29-13-14-33-26(29)21-15-20(32-2)11-12-23(21)28(25(26)31)16-19-5-3-4-6-22(19)27/h3-12,15H,13-14,16H2,1-2H3/t26-/m0/s1. The second kappa shape index (κ2) is 8.23. The number of ether oxygens (including phenoxy) is 1. The van der Waals surface area contributed by atoms with Gasteiger partial charge in [0.05, 0.1) is 19.3 Å². The van der Waals surface area contributed by atoms with Gasteiger partial charge in [-0.2, -0.15) is 0 Å². The molecule has 2 aliphatic heterocycles. The number of carbonyl (C=O) groups is 2. The Morgan fingerprint density at radius 1 is 1.12 bits per heavy atom. The summed E-state index contributed by atoms with van der Waals surface area (Å²) in [5.41, 5.74) is 3.38. The number of fused-ring (bicyclic) bond motifs is 2. The molecule has 5 rings (SSSR count). The Labute approximate surface area is 196 Å². The molecule has 0 bridgehead atoms. The number of hydrogen-bond donors (Lipinski definition) is 0. The van der Waals surface area contributed by atoms with Crippen LogP contribution in [0.4, 0.5) is 10.1 Å². The summed E-state index contributed by atoms with van der Waals surface area (Å²) in [5, 5.41) is 0. The molecule has 0 aromatic heterocycles. The van der Waals surface area contributed by atoms with Crippen molar-refractivity contribution in [2.24, 2.45) is 0 Å². The molecule has 1 saturated heterocycles. The van der Waals surface area contributed by atoms with Gasteiger partial charge < -0.3 is 14.5 Å². The number of hydrogen-bond acceptors (Lipinski definition) is 4. The minimum atomic E-state index is -1.21. The van der Waals surface area contributed by atoms with Crippen LogP contribution in [0.3, 0.4) is 0 Å². The van der Waals surface area contributed by atoms with Crippen LogP contribution in [0.5, 0.6) is 5.75 Å². The number of thioether (sulfide) groups is 1. The first-order valence-corrected chi connectivity index (χ1v) is 11.7. The monoisotopic (exact) mass is 462 g/mol. The smallest absolute Gasteiger partial charge is 0.268 e. The number of benzene rings is 3. The van der Waals surface area contributed by atoms with Crippen LogP contribution in [0.1, 0.15) is 27.0 Å². The number of amides is 2. The van der Waals surface area contributed by atoms with Crippen LogP contribution in [-0.2, 0) is 16.2 Å². The van der Waals surface area contributed by atoms with Crippen LogP contribution in [-0.4, -0.2) is 36.1 Å². The van der Waals surface area contributed by atoms with E-state index in [2.05, 4.69) is 0 Å². The zero-order valence-electron chi connectivity index (χ0n) is 18.4. The van der Waals surface area contributed by atoms with Gasteiger partial charge in [-0.05, 0) is 43.3 Å². The van der Waals surface area contributed by atoms with Gasteiger partial charge in [0.25, 0.3) is 11.8 Å². The highest BCUT2D eigenvalue weighted by Gasteiger charge is 2.59. The van der Waals surface area contributed by atoms with Crippen LogP contribution >= 0.6 is 11.8 Å². The topological polar surface area (TPSA) is 49.9 Å². The molecule has 5 nitrogen and oxygen atoms in total. The molecule has 3 aromatic rings. The maximum atomic E-state index is 14.5. The van der Waals surface area contributed by atoms with E-state index in [1.165, 1.54) is 17.8 Å². The van der Waals surface area contributed by atoms with Gasteiger partial charge in [0, 0.05) is 29.0 Å². The van der Waals surface area contributed by atoms with Gasteiger partial charge in [-0.25, -0.2) is 4.39 Å². The molecular weight excluding hydrogens is 439 g/mol. The van der Waals surface area contributed by atoms with Gasteiger partial charge >= 0.3 is 0 Å². The molecule has 2 heterocycles. The van der Waals surface area contributed by atoms with E-state index in [1.807, 2.05) is 31.2 Å². The highest BCUT2D eigenvalue weighted by atomic mass is 32.2. The molecule has 1 fully saturated rings. The van der Waals surface area contributed by atoms with Gasteiger partial charge in [-0.3, -0.25) is 9.59 Å². The Morgan fingerprint density at radius 2 is 1.88 bits per heavy atom. The first-order valence-electron chi connectivity index (χ1n) is 10.7. The van der Waals surface area contributed by atoms with Gasteiger partial charge in [0.15, 0.2) is 4.87 Å². The lowest BCUT2D eigenvalue weighted by Crippen LogP contribution is -2.50. The van der Waals surface area contributed by atoms with Crippen molar-refractivity contribution in [1.29, 1.82) is 0 Å². The van der Waals surface area contributed by atoms with E-state index >= 15 is 0 Å². The Balaban J connectivity index is 1.62. The van der Waals surface area contributed by atoms with Crippen molar-refractivity contribution in [3.8, 4) is 5.75 Å². The van der Waals surface area contributed by atoms with E-state index in [9.17, 15) is 14.0 Å². The normalized spacial score (nSPS) is 19.3. The fourth-order valence-electron chi connectivity index (χ4n) is 4.53. The summed E-state index contributed by atoms with van der Waals surface area (Å²) < 4.78 is 19.9. The molecule has 2 amide bonds. The van der Waals surface area contributed by atoms with E-state index in [-0.39, 0.29) is 24.2 Å². The van der Waals surface area contributed by atoms with Crippen LogP contribution in [0, 0.1) is 12.7 Å². The van der Waals surface area contributed by atoms with Crippen LogP contribution in [0.15, 0.2) is 66.7 Å². The van der Waals surface area contributed by atoms with Crippen molar-refractivity contribution in [1.82, 2.24) is 4.90 Å². The molecule has 0 N–H and O–H groups in total. The molecule has 0 unspecified atom stereocenters. The molecule has 1 atom stereocenters. The van der Waals surface area contributed by atoms with Crippen LogP contribution in [0.25, 0.3) is 0 Å². The molecule has 168 valence electrons. The van der Waals surface area contributed by atoms with Crippen LogP contribution < -0.4 is 9.64 Å². The largest absolute Gasteiger partial charge is 0.497 e. The lowest BCUT2D eigenvalue weighted by molar-refractivity contribution is -0.123. The minimum Gasteiger partial charge on any atom is -0.497 e. The predicted octanol–water partition coefficient (Wildman–Crippen LogP) is 4.73. The molecule has 1 spiro atoms. The third kappa shape index (κ3) is 3.38. The average Bonchev–Trinajstić information content (AvgIpc) is 3.37. The van der Waals surface area contributed by atoms with Gasteiger partial charge in [-0.15, -0.1) is 11.8 Å². The third-order valence-electron chi connectivity index (χ3n) is 6.23. The van der Waals surface area contributed by atoms with Gasteiger partial charge in [0.2, 0.25) is 0 Å². The highest BCUT2D eigenvalue weighted by Crippen LogP contribution is 2.55. The Morgan fingerprint density at radius 3 is 2.61 bits per heavy atom. The maximum Gasteiger partial charge on any atom is 0.268 e. The predicted molar refractivity (Wildman–Crippen MR) is 127 cm³/mol. The van der Waals surface area contributed by atoms with Crippen molar-refractivity contribution in [3.05, 3.63) is 94.8 Å². The number of carbonyl (C=O) groups excluding carboxylic acids is 2. The molecule has 3 aromatic carbocycles. The Bertz CT molecular complexity index is 1250. The second-order valence-corrected chi connectivity index (χ2v) is 9.47. The lowest BCUT2D eigenvalue weighted by atomic mass is 10.0. The Hall–Kier alpha value is -3.32. The first-order chi connectivity index (χ1) is 16.0. The average molecular weight is 463 g/mol. The third-order valence-corrected chi connectivity index (χ3v) is 7.65. The summed E-state index contributed by atoms with van der Waals surface area (Å²) in [7, 11) is 1.57. The maximum absolute atomic E-state index is 14.5. The number of halogens is 1. The summed E-state index contributed by atoms with van der Waals surface area (Å²) in [4.78, 5) is 29.7. The minimum absolute atomic E-state index is 0.0830. The molecule has 0 saturated carbocycles. The van der Waals surface area contributed by atoms with E-state index in [0.717, 1.165) is 5.56 Å². The number of nitrogens with zero attached hydrogens (tertiary/aromatic N) is 2. The van der Waals surface area contributed by atoms with Crippen molar-refractivity contribution in [3.63, 3.8) is 0 Å². The fraction of sp³-hybridized carbons (Fsp3) is 0.231. The number of aryl methyl sites for hydroxylation is 1. The van der Waals surface area contributed by atoms with Gasteiger partial charge in [-0.1, -0.05) is 35.9 Å². The SMILES string of the molecule is COc1ccc2c(c1)[C@]1(SCCN1C(=O)c1ccc(C)cc1)C(=O)N2Cc1ccccc1F. The molecular formula is C26H23FN2O3S. The summed E-state index contributed by atoms with van der Waals surface area (Å²) in [6.45, 7) is 2.48. The van der Waals surface area contributed by atoms with E-state index in [0.29, 0.717) is 40.4 Å². The van der Waals surface area contributed by atoms with E-state index < -0.39 is 4.87 Å². The van der Waals surface area contributed by atoms with Crippen molar-refractivity contribution >= 4 is 29.3 Å². The van der Waals surface area contributed by atoms with Crippen LogP contribution in [0.2, 0.25) is 0 Å². The van der Waals surface area contributed by atoms with E-state index in [4.69, 9.17) is 4.74 Å². The number of anilines is 1. The van der Waals surface area contributed by atoms with Gasteiger partial charge in [0.1, 0.15) is 11.6 Å². The zero-order valence-corrected chi connectivity index (χ0v) is 19.2. The summed E-state index contributed by atoms with van der Waals surface area (Å²) in [6, 6.07) is 19.2. The summed E-state index contributed by atoms with van der Waals surface area (Å²) in [6.07, 6.45) is 0. The second-order valence-electron chi connectivity index (χ2n) is 8.18.